The summed E-state index contributed by atoms with van der Waals surface area (Å²) >= 11 is 1.02. The maximum absolute atomic E-state index is 13.4. The summed E-state index contributed by atoms with van der Waals surface area (Å²) in [5.74, 6) is 0.0843. The van der Waals surface area contributed by atoms with Crippen LogP contribution in [0.15, 0.2) is 18.3 Å². The molecule has 3 aromatic rings. The second-order valence-electron chi connectivity index (χ2n) is 6.61. The topological polar surface area (TPSA) is 47.3 Å². The molecular weight excluding hydrogens is 319 g/mol. The first-order valence-corrected chi connectivity index (χ1v) is 11.7. The van der Waals surface area contributed by atoms with Crippen molar-refractivity contribution in [2.45, 2.75) is 32.4 Å². The minimum Gasteiger partial charge on any atom is -0.506 e. The lowest BCUT2D eigenvalue weighted by Crippen LogP contribution is -2.22. The number of halogens is 1. The molecule has 0 amide bonds. The third-order valence-electron chi connectivity index (χ3n) is 3.60. The number of phenolic OH excluding ortho intramolecular Hbond substituents is 1. The zero-order valence-corrected chi connectivity index (χ0v) is 14.7. The number of benzene rings is 1. The Kier molecular flexibility index (Phi) is 3.96. The zero-order valence-electron chi connectivity index (χ0n) is 12.9. The van der Waals surface area contributed by atoms with Crippen LogP contribution in [0.4, 0.5) is 4.39 Å². The number of ether oxygens (including phenoxy) is 1. The fraction of sp³-hybridized carbons (Fsp3) is 0.400. The molecule has 0 unspecified atom stereocenters. The van der Waals surface area contributed by atoms with E-state index in [1.165, 1.54) is 6.07 Å². The van der Waals surface area contributed by atoms with Crippen molar-refractivity contribution in [2.75, 3.05) is 6.61 Å². The van der Waals surface area contributed by atoms with E-state index in [9.17, 15) is 9.50 Å². The molecule has 0 saturated carbocycles. The van der Waals surface area contributed by atoms with Gasteiger partial charge in [0, 0.05) is 24.8 Å². The first-order valence-electron chi connectivity index (χ1n) is 7.19. The van der Waals surface area contributed by atoms with Crippen molar-refractivity contribution < 1.29 is 14.2 Å². The van der Waals surface area contributed by atoms with Crippen molar-refractivity contribution in [3.05, 3.63) is 23.5 Å². The van der Waals surface area contributed by atoms with Crippen molar-refractivity contribution in [3.8, 4) is 5.75 Å². The Morgan fingerprint density at radius 1 is 1.32 bits per heavy atom. The highest BCUT2D eigenvalue weighted by Crippen LogP contribution is 2.37. The van der Waals surface area contributed by atoms with Crippen LogP contribution in [0.3, 0.4) is 0 Å². The lowest BCUT2D eigenvalue weighted by molar-refractivity contribution is 0.0817. The summed E-state index contributed by atoms with van der Waals surface area (Å²) in [7, 11) is -1.11. The highest BCUT2D eigenvalue weighted by atomic mass is 32.1. The van der Waals surface area contributed by atoms with Crippen LogP contribution in [-0.4, -0.2) is 29.6 Å². The Morgan fingerprint density at radius 3 is 2.82 bits per heavy atom. The van der Waals surface area contributed by atoms with Crippen LogP contribution in [0, 0.1) is 5.13 Å². The monoisotopic (exact) mass is 338 g/mol. The molecule has 1 N–H and O–H groups in total. The highest BCUT2D eigenvalue weighted by molar-refractivity contribution is 7.17. The fourth-order valence-electron chi connectivity index (χ4n) is 2.30. The van der Waals surface area contributed by atoms with Gasteiger partial charge in [-0.05, 0) is 18.2 Å². The molecule has 0 aliphatic carbocycles. The van der Waals surface area contributed by atoms with Gasteiger partial charge in [-0.15, -0.1) is 11.3 Å². The van der Waals surface area contributed by atoms with Crippen molar-refractivity contribution in [3.63, 3.8) is 0 Å². The summed E-state index contributed by atoms with van der Waals surface area (Å²) < 4.78 is 21.5. The Balaban J connectivity index is 1.85. The number of hydrogen-bond acceptors (Lipinski definition) is 4. The largest absolute Gasteiger partial charge is 0.506 e. The molecule has 0 radical (unpaired) electrons. The number of aromatic nitrogens is 2. The Morgan fingerprint density at radius 2 is 2.09 bits per heavy atom. The van der Waals surface area contributed by atoms with E-state index in [1.54, 1.807) is 10.9 Å². The minimum absolute atomic E-state index is 0.0843. The number of fused-ring (bicyclic) bond motifs is 2. The maximum atomic E-state index is 13.4. The lowest BCUT2D eigenvalue weighted by Gasteiger charge is -2.15. The smallest absolute Gasteiger partial charge is 0.177 e. The van der Waals surface area contributed by atoms with Crippen LogP contribution < -0.4 is 0 Å². The second kappa shape index (κ2) is 5.64. The van der Waals surface area contributed by atoms with Crippen molar-refractivity contribution >= 4 is 40.4 Å². The Hall–Kier alpha value is -1.44. The van der Waals surface area contributed by atoms with Gasteiger partial charge in [0.05, 0.1) is 17.1 Å². The molecule has 3 rings (SSSR count). The van der Waals surface area contributed by atoms with Gasteiger partial charge in [0.1, 0.15) is 12.5 Å². The zero-order chi connectivity index (χ0) is 15.9. The number of rotatable bonds is 5. The van der Waals surface area contributed by atoms with Crippen LogP contribution in [0.2, 0.25) is 25.7 Å². The van der Waals surface area contributed by atoms with Gasteiger partial charge in [0.2, 0.25) is 0 Å². The molecule has 0 spiro atoms. The summed E-state index contributed by atoms with van der Waals surface area (Å²) in [6.07, 6.45) is 1.60. The first kappa shape index (κ1) is 15.5. The van der Waals surface area contributed by atoms with Gasteiger partial charge in [-0.2, -0.15) is 9.49 Å². The number of aromatic hydroxyl groups is 1. The third kappa shape index (κ3) is 3.01. The summed E-state index contributed by atoms with van der Waals surface area (Å²) in [5.41, 5.74) is 0.764. The van der Waals surface area contributed by atoms with E-state index < -0.39 is 8.07 Å². The molecule has 22 heavy (non-hydrogen) atoms. The van der Waals surface area contributed by atoms with Crippen LogP contribution in [-0.2, 0) is 11.5 Å². The van der Waals surface area contributed by atoms with Gasteiger partial charge in [-0.25, -0.2) is 4.68 Å². The quantitative estimate of drug-likeness (QED) is 0.554. The predicted octanol–water partition coefficient (Wildman–Crippen LogP) is 4.41. The lowest BCUT2D eigenvalue weighted by atomic mass is 10.2. The SMILES string of the molecule is C[Si](C)(C)CCOCn1ncc2c(O)c3cc(F)sc3cc21. The molecule has 2 heterocycles. The maximum Gasteiger partial charge on any atom is 0.177 e. The average Bonchev–Trinajstić information content (AvgIpc) is 2.98. The molecule has 118 valence electrons. The van der Waals surface area contributed by atoms with E-state index in [2.05, 4.69) is 24.7 Å². The van der Waals surface area contributed by atoms with E-state index in [1.807, 2.05) is 6.07 Å². The molecule has 7 heteroatoms. The summed E-state index contributed by atoms with van der Waals surface area (Å²) in [4.78, 5) is 0. The number of phenols is 1. The molecule has 0 atom stereocenters. The molecule has 2 aromatic heterocycles. The van der Waals surface area contributed by atoms with Gasteiger partial charge in [0.15, 0.2) is 5.13 Å². The van der Waals surface area contributed by atoms with Gasteiger partial charge in [-0.3, -0.25) is 0 Å². The number of thiophene rings is 1. The van der Waals surface area contributed by atoms with E-state index in [0.717, 1.165) is 22.9 Å². The first-order chi connectivity index (χ1) is 10.3. The van der Waals surface area contributed by atoms with E-state index >= 15 is 0 Å². The number of hydrogen-bond donors (Lipinski definition) is 1. The van der Waals surface area contributed by atoms with Crippen LogP contribution in [0.5, 0.6) is 5.75 Å². The molecule has 0 saturated heterocycles. The van der Waals surface area contributed by atoms with Gasteiger partial charge < -0.3 is 9.84 Å². The van der Waals surface area contributed by atoms with Crippen LogP contribution in [0.1, 0.15) is 0 Å². The molecule has 0 fully saturated rings. The average molecular weight is 338 g/mol. The molecule has 0 aliphatic heterocycles. The second-order valence-corrected chi connectivity index (χ2v) is 13.3. The van der Waals surface area contributed by atoms with Gasteiger partial charge in [0.25, 0.3) is 0 Å². The van der Waals surface area contributed by atoms with Gasteiger partial charge in [-0.1, -0.05) is 19.6 Å². The van der Waals surface area contributed by atoms with Crippen molar-refractivity contribution in [1.29, 1.82) is 0 Å². The molecule has 0 bridgehead atoms. The Bertz CT molecular complexity index is 822. The molecule has 1 aromatic carbocycles. The fourth-order valence-corrected chi connectivity index (χ4v) is 3.88. The minimum atomic E-state index is -1.11. The number of nitrogens with zero attached hydrogens (tertiary/aromatic N) is 2. The van der Waals surface area contributed by atoms with Gasteiger partial charge >= 0.3 is 0 Å². The summed E-state index contributed by atoms with van der Waals surface area (Å²) in [6.45, 7) is 7.96. The molecule has 4 nitrogen and oxygen atoms in total. The van der Waals surface area contributed by atoms with Crippen molar-refractivity contribution in [1.82, 2.24) is 9.78 Å². The van der Waals surface area contributed by atoms with Crippen LogP contribution in [0.25, 0.3) is 21.0 Å². The van der Waals surface area contributed by atoms with Crippen LogP contribution >= 0.6 is 11.3 Å². The third-order valence-corrected chi connectivity index (χ3v) is 6.17. The van der Waals surface area contributed by atoms with E-state index in [-0.39, 0.29) is 10.9 Å². The standard InChI is InChI=1S/C15H19FN2O2SSi/c1-22(2,3)5-4-20-9-18-12-7-13-10(6-14(16)21-13)15(19)11(12)8-17-18/h6-8,19H,4-5,9H2,1-3H3. The van der Waals surface area contributed by atoms with E-state index in [0.29, 0.717) is 28.8 Å². The summed E-state index contributed by atoms with van der Waals surface area (Å²) in [5, 5.41) is 15.4. The summed E-state index contributed by atoms with van der Waals surface area (Å²) in [6, 6.07) is 4.31. The predicted molar refractivity (Wildman–Crippen MR) is 90.8 cm³/mol. The highest BCUT2D eigenvalue weighted by Gasteiger charge is 2.15. The Labute approximate surface area is 133 Å². The normalized spacial score (nSPS) is 12.5. The van der Waals surface area contributed by atoms with Crippen molar-refractivity contribution in [2.24, 2.45) is 0 Å². The molecule has 0 aliphatic rings. The van der Waals surface area contributed by atoms with E-state index in [4.69, 9.17) is 4.74 Å². The molecular formula is C15H19FN2O2SSi.